The van der Waals surface area contributed by atoms with Crippen molar-refractivity contribution < 1.29 is 23.9 Å². The first-order chi connectivity index (χ1) is 25.7. The molecule has 3 aromatic heterocycles. The lowest BCUT2D eigenvalue weighted by Gasteiger charge is -2.29. The molecule has 5 aromatic rings. The van der Waals surface area contributed by atoms with Crippen molar-refractivity contribution in [2.45, 2.75) is 64.2 Å². The summed E-state index contributed by atoms with van der Waals surface area (Å²) in [6, 6.07) is 14.7. The highest BCUT2D eigenvalue weighted by molar-refractivity contribution is 6.07. The average Bonchev–Trinajstić information content (AvgIpc) is 3.92. The van der Waals surface area contributed by atoms with E-state index in [1.807, 2.05) is 41.9 Å². The number of amides is 4. The maximum atomic E-state index is 13.3. The van der Waals surface area contributed by atoms with Gasteiger partial charge in [-0.25, -0.2) is 4.98 Å². The summed E-state index contributed by atoms with van der Waals surface area (Å²) in [5, 5.41) is 12.0. The summed E-state index contributed by atoms with van der Waals surface area (Å²) >= 11 is 0. The van der Waals surface area contributed by atoms with E-state index in [-0.39, 0.29) is 37.3 Å². The Bertz CT molecular complexity index is 2350. The number of aromatic amines is 1. The lowest BCUT2D eigenvalue weighted by atomic mass is 10.0. The van der Waals surface area contributed by atoms with Crippen LogP contribution in [0.3, 0.4) is 0 Å². The lowest BCUT2D eigenvalue weighted by molar-refractivity contribution is -0.136. The van der Waals surface area contributed by atoms with Crippen molar-refractivity contribution >= 4 is 51.3 Å². The number of pyridine rings is 1. The minimum absolute atomic E-state index is 0.207. The molecule has 8 rings (SSSR count). The van der Waals surface area contributed by atoms with Gasteiger partial charge >= 0.3 is 0 Å². The van der Waals surface area contributed by atoms with Gasteiger partial charge in [0.1, 0.15) is 18.5 Å². The molecule has 3 aliphatic rings. The zero-order chi connectivity index (χ0) is 36.6. The second kappa shape index (κ2) is 14.3. The fraction of sp³-hybridized carbons (Fsp3) is 0.350. The normalized spacial score (nSPS) is 18.8. The van der Waals surface area contributed by atoms with Gasteiger partial charge in [-0.3, -0.25) is 34.1 Å². The monoisotopic (exact) mass is 712 g/mol. The third-order valence-corrected chi connectivity index (χ3v) is 10.5. The zero-order valence-electron chi connectivity index (χ0n) is 29.7. The number of ether oxygens (including phenoxy) is 1. The summed E-state index contributed by atoms with van der Waals surface area (Å²) in [5.74, 6) is 5.44. The number of hydrogen-bond acceptors (Lipinski definition) is 8. The van der Waals surface area contributed by atoms with Crippen LogP contribution in [0.15, 0.2) is 54.7 Å². The third-order valence-electron chi connectivity index (χ3n) is 10.5. The van der Waals surface area contributed by atoms with E-state index < -0.39 is 11.9 Å². The van der Waals surface area contributed by atoms with Crippen LogP contribution in [-0.4, -0.2) is 86.0 Å². The van der Waals surface area contributed by atoms with E-state index in [9.17, 15) is 19.2 Å². The van der Waals surface area contributed by atoms with Crippen molar-refractivity contribution in [1.29, 1.82) is 0 Å². The van der Waals surface area contributed by atoms with Gasteiger partial charge in [-0.15, -0.1) is 0 Å². The van der Waals surface area contributed by atoms with Crippen LogP contribution in [0.25, 0.3) is 21.8 Å². The standard InChI is InChI=1S/C40H40N8O5/c1-24-28-12-11-26(38(50)43-36-21-31-27(22-41-36)19-32(42-31)33-10-4-15-46(33)2)20-35(28)48(45-24)16-6-18-53-17-5-8-25-7-3-9-29-30(25)23-47(40(29)52)34-13-14-37(49)44-39(34)51/h3,7,9,11-12,19-22,33-34,42H,4,6,10,13-18,23H2,1-2H3,(H,41,43,50)(H,44,49,51)/t33-,34?/m1/s1. The van der Waals surface area contributed by atoms with E-state index in [0.29, 0.717) is 49.0 Å². The number of nitrogens with zero attached hydrogens (tertiary/aromatic N) is 5. The van der Waals surface area contributed by atoms with Gasteiger partial charge in [0, 0.05) is 77.6 Å². The molecule has 2 atom stereocenters. The Hall–Kier alpha value is -5.84. The largest absolute Gasteiger partial charge is 0.369 e. The fourth-order valence-electron chi connectivity index (χ4n) is 7.71. The molecule has 2 saturated heterocycles. The van der Waals surface area contributed by atoms with Crippen molar-refractivity contribution in [3.05, 3.63) is 88.4 Å². The van der Waals surface area contributed by atoms with E-state index in [0.717, 1.165) is 51.6 Å². The number of hydrogen-bond donors (Lipinski definition) is 3. The fourth-order valence-corrected chi connectivity index (χ4v) is 7.71. The number of imide groups is 1. The number of carbonyl (C=O) groups is 4. The van der Waals surface area contributed by atoms with E-state index in [1.165, 1.54) is 17.0 Å². The summed E-state index contributed by atoms with van der Waals surface area (Å²) in [4.78, 5) is 62.3. The first-order valence-electron chi connectivity index (χ1n) is 18.0. The summed E-state index contributed by atoms with van der Waals surface area (Å²) in [7, 11) is 2.15. The molecule has 6 heterocycles. The van der Waals surface area contributed by atoms with Crippen molar-refractivity contribution in [2.24, 2.45) is 0 Å². The molecule has 13 heteroatoms. The highest BCUT2D eigenvalue weighted by Crippen LogP contribution is 2.32. The third kappa shape index (κ3) is 6.79. The molecule has 1 unspecified atom stereocenters. The van der Waals surface area contributed by atoms with Crippen LogP contribution in [0.2, 0.25) is 0 Å². The zero-order valence-corrected chi connectivity index (χ0v) is 29.7. The number of anilines is 1. The first-order valence-corrected chi connectivity index (χ1v) is 18.0. The van der Waals surface area contributed by atoms with Gasteiger partial charge in [-0.2, -0.15) is 5.10 Å². The molecule has 0 saturated carbocycles. The molecule has 13 nitrogen and oxygen atoms in total. The average molecular weight is 713 g/mol. The quantitative estimate of drug-likeness (QED) is 0.115. The summed E-state index contributed by atoms with van der Waals surface area (Å²) < 4.78 is 7.72. The molecule has 270 valence electrons. The Morgan fingerprint density at radius 1 is 1.09 bits per heavy atom. The maximum absolute atomic E-state index is 13.3. The molecule has 4 amide bonds. The number of H-pyrrole nitrogens is 1. The number of aromatic nitrogens is 4. The molecule has 0 radical (unpaired) electrons. The van der Waals surface area contributed by atoms with Gasteiger partial charge in [0.25, 0.3) is 11.8 Å². The van der Waals surface area contributed by atoms with Gasteiger partial charge in [0.15, 0.2) is 0 Å². The predicted octanol–water partition coefficient (Wildman–Crippen LogP) is 4.46. The number of piperidine rings is 1. The van der Waals surface area contributed by atoms with Crippen LogP contribution in [0, 0.1) is 18.8 Å². The number of likely N-dealkylation sites (tertiary alicyclic amines) is 1. The second-order valence-corrected chi connectivity index (χ2v) is 14.0. The Labute approximate surface area is 306 Å². The van der Waals surface area contributed by atoms with Crippen molar-refractivity contribution in [1.82, 2.24) is 34.9 Å². The van der Waals surface area contributed by atoms with Crippen LogP contribution in [-0.2, 0) is 27.4 Å². The van der Waals surface area contributed by atoms with Gasteiger partial charge in [-0.1, -0.05) is 24.0 Å². The van der Waals surface area contributed by atoms with Crippen LogP contribution < -0.4 is 10.6 Å². The van der Waals surface area contributed by atoms with E-state index >= 15 is 0 Å². The summed E-state index contributed by atoms with van der Waals surface area (Å²) in [5.41, 5.74) is 6.41. The molecule has 53 heavy (non-hydrogen) atoms. The van der Waals surface area contributed by atoms with Crippen LogP contribution in [0.5, 0.6) is 0 Å². The molecular formula is C40H40N8O5. The number of rotatable bonds is 9. The SMILES string of the molecule is Cc1nn(CCCOCC#Cc2cccc3c2CN(C2CCC(=O)NC2=O)C3=O)c2cc(C(=O)Nc3cc4[nH]c([C@H]5CCCN5C)cc4cn3)ccc12. The van der Waals surface area contributed by atoms with E-state index in [2.05, 4.69) is 50.5 Å². The van der Waals surface area contributed by atoms with Gasteiger partial charge in [0.05, 0.1) is 16.7 Å². The molecule has 0 aliphatic carbocycles. The minimum atomic E-state index is -0.670. The van der Waals surface area contributed by atoms with Crippen LogP contribution in [0.4, 0.5) is 5.82 Å². The van der Waals surface area contributed by atoms with Gasteiger partial charge in [0.2, 0.25) is 11.8 Å². The molecule has 0 bridgehead atoms. The number of nitrogens with one attached hydrogen (secondary N) is 3. The lowest BCUT2D eigenvalue weighted by Crippen LogP contribution is -2.52. The maximum Gasteiger partial charge on any atom is 0.256 e. The molecule has 3 N–H and O–H groups in total. The molecular weight excluding hydrogens is 672 g/mol. The van der Waals surface area contributed by atoms with Crippen LogP contribution in [0.1, 0.15) is 81.4 Å². The second-order valence-electron chi connectivity index (χ2n) is 14.0. The summed E-state index contributed by atoms with van der Waals surface area (Å²) in [6.07, 6.45) is 5.31. The molecule has 0 spiro atoms. The van der Waals surface area contributed by atoms with Gasteiger partial charge < -0.3 is 19.9 Å². The van der Waals surface area contributed by atoms with Crippen molar-refractivity contribution in [3.8, 4) is 11.8 Å². The summed E-state index contributed by atoms with van der Waals surface area (Å²) in [6.45, 7) is 4.57. The van der Waals surface area contributed by atoms with E-state index in [1.54, 1.807) is 18.3 Å². The Kier molecular flexibility index (Phi) is 9.24. The van der Waals surface area contributed by atoms with Crippen molar-refractivity contribution in [3.63, 3.8) is 0 Å². The molecule has 2 aromatic carbocycles. The first kappa shape index (κ1) is 34.3. The molecule has 3 aliphatic heterocycles. The topological polar surface area (TPSA) is 155 Å². The highest BCUT2D eigenvalue weighted by atomic mass is 16.5. The van der Waals surface area contributed by atoms with Crippen molar-refractivity contribution in [2.75, 3.05) is 32.1 Å². The number of fused-ring (bicyclic) bond motifs is 3. The predicted molar refractivity (Wildman–Crippen MR) is 198 cm³/mol. The van der Waals surface area contributed by atoms with Crippen LogP contribution >= 0.6 is 0 Å². The molecule has 2 fully saturated rings. The highest BCUT2D eigenvalue weighted by Gasteiger charge is 2.39. The Morgan fingerprint density at radius 3 is 2.81 bits per heavy atom. The number of carbonyl (C=O) groups excluding carboxylic acids is 4. The number of benzene rings is 2. The Morgan fingerprint density at radius 2 is 1.98 bits per heavy atom. The smallest absolute Gasteiger partial charge is 0.256 e. The number of aryl methyl sites for hydroxylation is 2. The van der Waals surface area contributed by atoms with E-state index in [4.69, 9.17) is 9.84 Å². The Balaban J connectivity index is 0.859. The minimum Gasteiger partial charge on any atom is -0.369 e. The van der Waals surface area contributed by atoms with Gasteiger partial charge in [-0.05, 0) is 82.1 Å².